The Morgan fingerprint density at radius 2 is 1.86 bits per heavy atom. The largest absolute Gasteiger partial charge is 0.478 e. The van der Waals surface area contributed by atoms with Crippen LogP contribution in [0.2, 0.25) is 5.02 Å². The fourth-order valence-electron chi connectivity index (χ4n) is 4.64. The number of fused-ring (bicyclic) bond motifs is 1. The molecule has 0 spiro atoms. The number of piperazine rings is 1. The third kappa shape index (κ3) is 5.01. The quantitative estimate of drug-likeness (QED) is 0.411. The van der Waals surface area contributed by atoms with Crippen molar-refractivity contribution in [1.29, 1.82) is 0 Å². The van der Waals surface area contributed by atoms with Crippen molar-refractivity contribution in [3.8, 4) is 0 Å². The van der Waals surface area contributed by atoms with Gasteiger partial charge in [-0.15, -0.1) is 0 Å². The smallest absolute Gasteiger partial charge is 0.335 e. The molecule has 0 aliphatic carbocycles. The number of carboxylic acid groups (broad SMARTS) is 1. The van der Waals surface area contributed by atoms with Gasteiger partial charge in [0.05, 0.1) is 5.56 Å². The summed E-state index contributed by atoms with van der Waals surface area (Å²) in [7, 11) is 1.98. The minimum absolute atomic E-state index is 0.299. The summed E-state index contributed by atoms with van der Waals surface area (Å²) in [6.07, 6.45) is 0.418. The van der Waals surface area contributed by atoms with E-state index in [-0.39, 0.29) is 5.82 Å². The molecule has 0 unspecified atom stereocenters. The molecule has 8 heteroatoms. The Labute approximate surface area is 208 Å². The Morgan fingerprint density at radius 3 is 2.60 bits per heavy atom. The van der Waals surface area contributed by atoms with Gasteiger partial charge < -0.3 is 14.6 Å². The van der Waals surface area contributed by atoms with E-state index in [1.807, 2.05) is 31.3 Å². The highest BCUT2D eigenvalue weighted by Gasteiger charge is 2.20. The molecular weight excluding hydrogens is 467 g/mol. The maximum atomic E-state index is 14.2. The zero-order valence-corrected chi connectivity index (χ0v) is 20.2. The molecule has 3 heterocycles. The number of hydrogen-bond acceptors (Lipinski definition) is 4. The van der Waals surface area contributed by atoms with E-state index < -0.39 is 5.97 Å². The van der Waals surface area contributed by atoms with Crippen molar-refractivity contribution in [2.24, 2.45) is 7.05 Å². The molecule has 0 saturated carbocycles. The summed E-state index contributed by atoms with van der Waals surface area (Å²) in [4.78, 5) is 20.8. The van der Waals surface area contributed by atoms with Crippen LogP contribution in [0.5, 0.6) is 0 Å². The SMILES string of the molecule is Cn1c(CN2CCN(c3cccc(Cc4ccc(Cl)cc4F)n3)CC2)cc2ccc(C(=O)O)cc21. The molecule has 35 heavy (non-hydrogen) atoms. The standard InChI is InChI=1S/C27H26ClFN4O2/c1-31-23(14-19-5-6-20(27(34)35)15-25(19)31)17-32-9-11-33(12-10-32)26-4-2-3-22(30-26)13-18-7-8-21(28)16-24(18)29/h2-8,14-16H,9-13,17H2,1H3,(H,34,35). The number of nitrogens with zero attached hydrogens (tertiary/aromatic N) is 4. The number of anilines is 1. The van der Waals surface area contributed by atoms with Crippen LogP contribution in [0.25, 0.3) is 10.9 Å². The van der Waals surface area contributed by atoms with Crippen molar-refractivity contribution in [3.05, 3.63) is 94.0 Å². The van der Waals surface area contributed by atoms with Crippen molar-refractivity contribution in [2.45, 2.75) is 13.0 Å². The first-order valence-electron chi connectivity index (χ1n) is 11.6. The molecule has 1 fully saturated rings. The predicted octanol–water partition coefficient (Wildman–Crippen LogP) is 4.98. The zero-order chi connectivity index (χ0) is 24.5. The lowest BCUT2D eigenvalue weighted by molar-refractivity contribution is 0.0697. The van der Waals surface area contributed by atoms with Crippen molar-refractivity contribution in [1.82, 2.24) is 14.5 Å². The Bertz CT molecular complexity index is 1400. The Morgan fingerprint density at radius 1 is 1.06 bits per heavy atom. The molecule has 2 aromatic heterocycles. The number of pyridine rings is 1. The number of hydrogen-bond donors (Lipinski definition) is 1. The second-order valence-corrected chi connectivity index (χ2v) is 9.37. The van der Waals surface area contributed by atoms with Gasteiger partial charge in [0.15, 0.2) is 0 Å². The third-order valence-corrected chi connectivity index (χ3v) is 6.89. The summed E-state index contributed by atoms with van der Waals surface area (Å²) in [6.45, 7) is 4.27. The minimum Gasteiger partial charge on any atom is -0.478 e. The molecule has 180 valence electrons. The molecule has 5 rings (SSSR count). The van der Waals surface area contributed by atoms with Crippen LogP contribution in [0.3, 0.4) is 0 Å². The first-order valence-corrected chi connectivity index (χ1v) is 11.9. The minimum atomic E-state index is -0.915. The first-order chi connectivity index (χ1) is 16.9. The number of carbonyl (C=O) groups is 1. The van der Waals surface area contributed by atoms with Crippen LogP contribution in [0.15, 0.2) is 60.7 Å². The van der Waals surface area contributed by atoms with Crippen LogP contribution in [-0.4, -0.2) is 51.7 Å². The fraction of sp³-hybridized carbons (Fsp3) is 0.259. The number of aromatic nitrogens is 2. The van der Waals surface area contributed by atoms with Gasteiger partial charge in [0.2, 0.25) is 0 Å². The van der Waals surface area contributed by atoms with E-state index in [9.17, 15) is 14.3 Å². The lowest BCUT2D eigenvalue weighted by Gasteiger charge is -2.35. The van der Waals surface area contributed by atoms with E-state index >= 15 is 0 Å². The van der Waals surface area contributed by atoms with Gasteiger partial charge in [-0.05, 0) is 53.4 Å². The zero-order valence-electron chi connectivity index (χ0n) is 19.4. The summed E-state index contributed by atoms with van der Waals surface area (Å²) >= 11 is 5.87. The van der Waals surface area contributed by atoms with Crippen LogP contribution in [0.1, 0.15) is 27.3 Å². The summed E-state index contributed by atoms with van der Waals surface area (Å²) in [5, 5.41) is 10.7. The Hall–Kier alpha value is -3.42. The number of halogens is 2. The maximum absolute atomic E-state index is 14.2. The van der Waals surface area contributed by atoms with E-state index in [4.69, 9.17) is 16.6 Å². The van der Waals surface area contributed by atoms with Crippen molar-refractivity contribution >= 4 is 34.3 Å². The van der Waals surface area contributed by atoms with Gasteiger partial charge in [-0.3, -0.25) is 4.90 Å². The van der Waals surface area contributed by atoms with Crippen LogP contribution in [-0.2, 0) is 20.0 Å². The first kappa shape index (κ1) is 23.3. The van der Waals surface area contributed by atoms with E-state index in [1.54, 1.807) is 24.3 Å². The Balaban J connectivity index is 1.23. The number of aromatic carboxylic acids is 1. The van der Waals surface area contributed by atoms with Crippen LogP contribution >= 0.6 is 11.6 Å². The van der Waals surface area contributed by atoms with Gasteiger partial charge in [0.1, 0.15) is 11.6 Å². The van der Waals surface area contributed by atoms with Gasteiger partial charge in [0, 0.05) is 68.1 Å². The van der Waals surface area contributed by atoms with Gasteiger partial charge in [-0.25, -0.2) is 14.2 Å². The molecule has 1 N–H and O–H groups in total. The highest BCUT2D eigenvalue weighted by atomic mass is 35.5. The van der Waals surface area contributed by atoms with E-state index in [0.717, 1.165) is 60.8 Å². The summed E-state index contributed by atoms with van der Waals surface area (Å²) in [5.41, 5.74) is 3.78. The lowest BCUT2D eigenvalue weighted by Crippen LogP contribution is -2.46. The highest BCUT2D eigenvalue weighted by molar-refractivity contribution is 6.30. The Kier molecular flexibility index (Phi) is 6.45. The second-order valence-electron chi connectivity index (χ2n) is 8.94. The number of benzene rings is 2. The van der Waals surface area contributed by atoms with Crippen molar-refractivity contribution < 1.29 is 14.3 Å². The second kappa shape index (κ2) is 9.68. The molecule has 6 nitrogen and oxygen atoms in total. The maximum Gasteiger partial charge on any atom is 0.335 e. The van der Waals surface area contributed by atoms with Crippen LogP contribution in [0, 0.1) is 5.82 Å². The molecule has 0 bridgehead atoms. The summed E-state index contributed by atoms with van der Waals surface area (Å²) < 4.78 is 16.3. The molecule has 4 aromatic rings. The number of aryl methyl sites for hydroxylation is 1. The molecule has 0 amide bonds. The van der Waals surface area contributed by atoms with E-state index in [1.165, 1.54) is 6.07 Å². The number of carboxylic acids is 1. The molecule has 1 saturated heterocycles. The topological polar surface area (TPSA) is 61.6 Å². The normalized spacial score (nSPS) is 14.5. The van der Waals surface area contributed by atoms with Gasteiger partial charge in [-0.2, -0.15) is 0 Å². The predicted molar refractivity (Wildman–Crippen MR) is 136 cm³/mol. The monoisotopic (exact) mass is 492 g/mol. The lowest BCUT2D eigenvalue weighted by atomic mass is 10.1. The molecule has 0 atom stereocenters. The van der Waals surface area contributed by atoms with Gasteiger partial charge in [-0.1, -0.05) is 29.8 Å². The summed E-state index contributed by atoms with van der Waals surface area (Å²) in [5.74, 6) is -0.324. The average Bonchev–Trinajstić information content (AvgIpc) is 3.16. The fourth-order valence-corrected chi connectivity index (χ4v) is 4.80. The third-order valence-electron chi connectivity index (χ3n) is 6.65. The van der Waals surface area contributed by atoms with Gasteiger partial charge >= 0.3 is 5.97 Å². The molecule has 1 aliphatic rings. The molecular formula is C27H26ClFN4O2. The van der Waals surface area contributed by atoms with Crippen molar-refractivity contribution in [3.63, 3.8) is 0 Å². The van der Waals surface area contributed by atoms with E-state index in [2.05, 4.69) is 20.4 Å². The van der Waals surface area contributed by atoms with Crippen LogP contribution in [0.4, 0.5) is 10.2 Å². The van der Waals surface area contributed by atoms with Gasteiger partial charge in [0.25, 0.3) is 0 Å². The molecule has 2 aromatic carbocycles. The van der Waals surface area contributed by atoms with E-state index in [0.29, 0.717) is 22.6 Å². The summed E-state index contributed by atoms with van der Waals surface area (Å²) in [6, 6.07) is 18.0. The molecule has 0 radical (unpaired) electrons. The van der Waals surface area contributed by atoms with Crippen molar-refractivity contribution in [2.75, 3.05) is 31.1 Å². The average molecular weight is 493 g/mol. The highest BCUT2D eigenvalue weighted by Crippen LogP contribution is 2.23. The number of rotatable bonds is 6. The van der Waals surface area contributed by atoms with Crippen LogP contribution < -0.4 is 4.90 Å². The molecule has 1 aliphatic heterocycles.